The molecule has 0 saturated heterocycles. The molecule has 3 nitrogen and oxygen atoms in total. The zero-order valence-electron chi connectivity index (χ0n) is 8.24. The Labute approximate surface area is 78.1 Å². The highest BCUT2D eigenvalue weighted by Crippen LogP contribution is 2.59. The molecule has 0 aromatic heterocycles. The molecule has 0 aromatic carbocycles. The topological polar surface area (TPSA) is 57.5 Å². The molecule has 0 aliphatic heterocycles. The van der Waals surface area contributed by atoms with Crippen molar-refractivity contribution in [1.29, 1.82) is 0 Å². The summed E-state index contributed by atoms with van der Waals surface area (Å²) in [5.41, 5.74) is 0.664. The lowest BCUT2D eigenvalue weighted by Gasteiger charge is -2.03. The molecule has 1 rings (SSSR count). The highest BCUT2D eigenvalue weighted by Gasteiger charge is 2.63. The van der Waals surface area contributed by atoms with E-state index >= 15 is 0 Å². The smallest absolute Gasteiger partial charge is 0.307 e. The summed E-state index contributed by atoms with van der Waals surface area (Å²) in [6.45, 7) is 5.64. The molecule has 3 unspecified atom stereocenters. The summed E-state index contributed by atoms with van der Waals surface area (Å²) in [4.78, 5) is 10.8. The number of hydrogen-bond donors (Lipinski definition) is 2. The maximum absolute atomic E-state index is 10.8. The maximum atomic E-state index is 10.8. The van der Waals surface area contributed by atoms with Crippen LogP contribution >= 0.6 is 0 Å². The van der Waals surface area contributed by atoms with Gasteiger partial charge in [0.25, 0.3) is 0 Å². The predicted octanol–water partition coefficient (Wildman–Crippen LogP) is 1.28. The number of carbonyl (C=O) groups is 1. The zero-order valence-corrected chi connectivity index (χ0v) is 8.24. The third kappa shape index (κ3) is 1.61. The second-order valence-electron chi connectivity index (χ2n) is 4.25. The molecule has 0 heterocycles. The van der Waals surface area contributed by atoms with Crippen LogP contribution in [0, 0.1) is 17.3 Å². The van der Waals surface area contributed by atoms with Gasteiger partial charge >= 0.3 is 5.97 Å². The van der Waals surface area contributed by atoms with E-state index in [1.807, 2.05) is 26.8 Å². The highest BCUT2D eigenvalue weighted by molar-refractivity contribution is 5.76. The Hall–Kier alpha value is -0.830. The Bertz CT molecular complexity index is 253. The number of hydrogen-bond acceptors (Lipinski definition) is 2. The number of carboxylic acid groups (broad SMARTS) is 1. The lowest BCUT2D eigenvalue weighted by molar-refractivity contribution is -0.139. The molecule has 0 amide bonds. The third-order valence-electron chi connectivity index (χ3n) is 2.84. The van der Waals surface area contributed by atoms with Gasteiger partial charge in [-0.1, -0.05) is 18.6 Å². The van der Waals surface area contributed by atoms with Crippen LogP contribution in [-0.2, 0) is 4.79 Å². The first-order valence-electron chi connectivity index (χ1n) is 4.42. The van der Waals surface area contributed by atoms with Crippen molar-refractivity contribution >= 4 is 5.97 Å². The van der Waals surface area contributed by atoms with E-state index in [1.54, 1.807) is 0 Å². The van der Waals surface area contributed by atoms with Crippen LogP contribution in [0.4, 0.5) is 0 Å². The predicted molar refractivity (Wildman–Crippen MR) is 49.2 cm³/mol. The van der Waals surface area contributed by atoms with Gasteiger partial charge in [-0.25, -0.2) is 0 Å². The zero-order chi connectivity index (χ0) is 10.2. The van der Waals surface area contributed by atoms with Gasteiger partial charge in [0.05, 0.1) is 5.92 Å². The van der Waals surface area contributed by atoms with E-state index in [-0.39, 0.29) is 12.5 Å². The number of aliphatic hydroxyl groups is 1. The minimum absolute atomic E-state index is 0.000000000000000444. The molecule has 1 aliphatic carbocycles. The van der Waals surface area contributed by atoms with Gasteiger partial charge in [-0.15, -0.1) is 0 Å². The first kappa shape index (κ1) is 10.3. The normalized spacial score (nSPS) is 36.9. The molecule has 3 heteroatoms. The fourth-order valence-corrected chi connectivity index (χ4v) is 1.89. The fourth-order valence-electron chi connectivity index (χ4n) is 1.89. The number of aliphatic carboxylic acids is 1. The molecular formula is C10H16O3. The first-order chi connectivity index (χ1) is 5.93. The van der Waals surface area contributed by atoms with E-state index < -0.39 is 17.3 Å². The van der Waals surface area contributed by atoms with Gasteiger partial charge in [-0.05, 0) is 19.8 Å². The Morgan fingerprint density at radius 1 is 1.54 bits per heavy atom. The minimum Gasteiger partial charge on any atom is -0.481 e. The van der Waals surface area contributed by atoms with Crippen LogP contribution in [0.25, 0.3) is 0 Å². The molecule has 0 bridgehead atoms. The van der Waals surface area contributed by atoms with Crippen LogP contribution in [0.5, 0.6) is 0 Å². The van der Waals surface area contributed by atoms with Crippen molar-refractivity contribution < 1.29 is 15.0 Å². The van der Waals surface area contributed by atoms with E-state index in [0.29, 0.717) is 0 Å². The molecule has 0 aromatic rings. The van der Waals surface area contributed by atoms with Gasteiger partial charge in [0, 0.05) is 12.0 Å². The van der Waals surface area contributed by atoms with Crippen LogP contribution < -0.4 is 0 Å². The Morgan fingerprint density at radius 3 is 2.31 bits per heavy atom. The van der Waals surface area contributed by atoms with E-state index in [1.165, 1.54) is 0 Å². The molecule has 13 heavy (non-hydrogen) atoms. The van der Waals surface area contributed by atoms with Crippen molar-refractivity contribution in [2.75, 3.05) is 6.61 Å². The number of allylic oxidation sites excluding steroid dienone is 2. The lowest BCUT2D eigenvalue weighted by Crippen LogP contribution is -2.10. The van der Waals surface area contributed by atoms with Gasteiger partial charge in [-0.2, -0.15) is 0 Å². The first-order valence-corrected chi connectivity index (χ1v) is 4.42. The average Bonchev–Trinajstić information content (AvgIpc) is 2.56. The van der Waals surface area contributed by atoms with Crippen molar-refractivity contribution in [3.05, 3.63) is 11.6 Å². The number of carboxylic acids is 1. The summed E-state index contributed by atoms with van der Waals surface area (Å²) in [6, 6.07) is 0. The molecule has 1 aliphatic rings. The van der Waals surface area contributed by atoms with E-state index in [4.69, 9.17) is 10.2 Å². The van der Waals surface area contributed by atoms with Crippen LogP contribution in [0.3, 0.4) is 0 Å². The van der Waals surface area contributed by atoms with Crippen LogP contribution in [0.15, 0.2) is 11.6 Å². The van der Waals surface area contributed by atoms with Gasteiger partial charge in [-0.3, -0.25) is 4.79 Å². The molecule has 74 valence electrons. The van der Waals surface area contributed by atoms with Gasteiger partial charge < -0.3 is 10.2 Å². The van der Waals surface area contributed by atoms with Gasteiger partial charge in [0.15, 0.2) is 0 Å². The second kappa shape index (κ2) is 3.14. The van der Waals surface area contributed by atoms with Crippen LogP contribution in [0.1, 0.15) is 20.8 Å². The summed E-state index contributed by atoms with van der Waals surface area (Å²) < 4.78 is 0. The van der Waals surface area contributed by atoms with Gasteiger partial charge in [0.1, 0.15) is 0 Å². The van der Waals surface area contributed by atoms with Crippen LogP contribution in [0.2, 0.25) is 0 Å². The standard InChI is InChI=1S/C10H16O3/c1-6(2)4-7-8(9(12)13)10(7,3)5-11/h4,7-8,11H,5H2,1-3H3,(H,12,13). The van der Waals surface area contributed by atoms with Crippen molar-refractivity contribution in [3.8, 4) is 0 Å². The molecule has 3 atom stereocenters. The molecule has 1 fully saturated rings. The molecule has 2 N–H and O–H groups in total. The Kier molecular flexibility index (Phi) is 2.48. The van der Waals surface area contributed by atoms with Crippen molar-refractivity contribution in [1.82, 2.24) is 0 Å². The van der Waals surface area contributed by atoms with Crippen molar-refractivity contribution in [3.63, 3.8) is 0 Å². The quantitative estimate of drug-likeness (QED) is 0.650. The van der Waals surface area contributed by atoms with E-state index in [2.05, 4.69) is 0 Å². The fraction of sp³-hybridized carbons (Fsp3) is 0.700. The summed E-state index contributed by atoms with van der Waals surface area (Å²) in [6.07, 6.45) is 1.94. The number of rotatable bonds is 3. The monoisotopic (exact) mass is 184 g/mol. The molecule has 1 saturated carbocycles. The largest absolute Gasteiger partial charge is 0.481 e. The summed E-state index contributed by atoms with van der Waals surface area (Å²) in [5.74, 6) is -1.22. The summed E-state index contributed by atoms with van der Waals surface area (Å²) in [5, 5.41) is 17.9. The minimum atomic E-state index is -0.806. The number of aliphatic hydroxyl groups excluding tert-OH is 1. The summed E-state index contributed by atoms with van der Waals surface area (Å²) in [7, 11) is 0. The SMILES string of the molecule is CC(C)=CC1C(C(=O)O)C1(C)CO. The summed E-state index contributed by atoms with van der Waals surface area (Å²) >= 11 is 0. The molecule has 0 spiro atoms. The Morgan fingerprint density at radius 2 is 2.08 bits per heavy atom. The van der Waals surface area contributed by atoms with Crippen molar-refractivity contribution in [2.45, 2.75) is 20.8 Å². The molecule has 0 radical (unpaired) electrons. The van der Waals surface area contributed by atoms with Crippen molar-refractivity contribution in [2.24, 2.45) is 17.3 Å². The third-order valence-corrected chi connectivity index (χ3v) is 2.84. The molecular weight excluding hydrogens is 168 g/mol. The van der Waals surface area contributed by atoms with E-state index in [0.717, 1.165) is 5.57 Å². The average molecular weight is 184 g/mol. The van der Waals surface area contributed by atoms with E-state index in [9.17, 15) is 4.79 Å². The van der Waals surface area contributed by atoms with Gasteiger partial charge in [0.2, 0.25) is 0 Å². The van der Waals surface area contributed by atoms with Crippen LogP contribution in [-0.4, -0.2) is 22.8 Å². The second-order valence-corrected chi connectivity index (χ2v) is 4.25. The Balaban J connectivity index is 2.79. The lowest BCUT2D eigenvalue weighted by atomic mass is 10.1. The highest BCUT2D eigenvalue weighted by atomic mass is 16.4. The maximum Gasteiger partial charge on any atom is 0.307 e.